The second-order valence-corrected chi connectivity index (χ2v) is 23.6. The number of aliphatic hydroxyl groups is 8. The summed E-state index contributed by atoms with van der Waals surface area (Å²) >= 11 is 0. The van der Waals surface area contributed by atoms with Crippen molar-refractivity contribution in [1.29, 1.82) is 0 Å². The van der Waals surface area contributed by atoms with Gasteiger partial charge in [0.1, 0.15) is 48.8 Å². The first-order valence-electron chi connectivity index (χ1n) is 33.7. The van der Waals surface area contributed by atoms with Crippen LogP contribution in [0.2, 0.25) is 0 Å². The number of carbonyl (C=O) groups is 1. The molecule has 0 aromatic heterocycles. The molecule has 2 aliphatic heterocycles. The molecule has 0 bridgehead atoms. The van der Waals surface area contributed by atoms with Crippen LogP contribution in [0.4, 0.5) is 0 Å². The predicted octanol–water partition coefficient (Wildman–Crippen LogP) is 13.1. The molecule has 0 aromatic rings. The highest BCUT2D eigenvalue weighted by Gasteiger charge is 2.51. The lowest BCUT2D eigenvalue weighted by Gasteiger charge is -2.46. The minimum atomic E-state index is -1.78. The Hall–Kier alpha value is -2.57. The van der Waals surface area contributed by atoms with Crippen LogP contribution in [0.15, 0.2) is 72.9 Å². The summed E-state index contributed by atoms with van der Waals surface area (Å²) in [5, 5.41) is 87.3. The largest absolute Gasteiger partial charge is 0.394 e. The minimum absolute atomic E-state index is 0.206. The summed E-state index contributed by atoms with van der Waals surface area (Å²) in [6, 6.07) is -0.829. The second-order valence-electron chi connectivity index (χ2n) is 23.6. The van der Waals surface area contributed by atoms with Crippen molar-refractivity contribution in [2.75, 3.05) is 19.8 Å². The van der Waals surface area contributed by atoms with E-state index < -0.39 is 86.8 Å². The van der Waals surface area contributed by atoms with Gasteiger partial charge in [-0.15, -0.1) is 0 Å². The predicted molar refractivity (Wildman–Crippen MR) is 337 cm³/mol. The molecule has 0 radical (unpaired) electrons. The zero-order valence-corrected chi connectivity index (χ0v) is 52.2. The van der Waals surface area contributed by atoms with E-state index in [9.17, 15) is 45.6 Å². The average Bonchev–Trinajstić information content (AvgIpc) is 3.58. The van der Waals surface area contributed by atoms with E-state index in [4.69, 9.17) is 18.9 Å². The highest BCUT2D eigenvalue weighted by atomic mass is 16.7. The molecule has 2 aliphatic rings. The van der Waals surface area contributed by atoms with Gasteiger partial charge in [-0.25, -0.2) is 0 Å². The quantitative estimate of drug-likeness (QED) is 0.0204. The van der Waals surface area contributed by atoms with Crippen LogP contribution >= 0.6 is 0 Å². The number of hydrogen-bond acceptors (Lipinski definition) is 13. The Kier molecular flexibility index (Phi) is 49.5. The van der Waals surface area contributed by atoms with Gasteiger partial charge in [-0.2, -0.15) is 0 Å². The molecule has 1 amide bonds. The molecule has 2 heterocycles. The Morgan fingerprint density at radius 3 is 1.28 bits per heavy atom. The molecule has 14 nitrogen and oxygen atoms in total. The summed E-state index contributed by atoms with van der Waals surface area (Å²) in [7, 11) is 0. The molecule has 0 aliphatic carbocycles. The molecule has 0 saturated carbocycles. The van der Waals surface area contributed by atoms with Crippen molar-refractivity contribution in [3.63, 3.8) is 0 Å². The fraction of sp³-hybridized carbons (Fsp3) is 0.812. The molecule has 12 unspecified atom stereocenters. The number of carbonyl (C=O) groups excluding carboxylic acids is 1. The van der Waals surface area contributed by atoms with E-state index in [-0.39, 0.29) is 12.5 Å². The molecule has 9 N–H and O–H groups in total. The third kappa shape index (κ3) is 38.4. The van der Waals surface area contributed by atoms with Gasteiger partial charge in [-0.3, -0.25) is 4.79 Å². The molecular weight excluding hydrogens is 1050 g/mol. The number of rotatable bonds is 54. The first-order chi connectivity index (χ1) is 40.6. The van der Waals surface area contributed by atoms with Gasteiger partial charge in [0.05, 0.1) is 32.0 Å². The Bertz CT molecular complexity index is 1670. The average molecular weight is 1170 g/mol. The zero-order valence-electron chi connectivity index (χ0n) is 52.2. The maximum Gasteiger partial charge on any atom is 0.220 e. The van der Waals surface area contributed by atoms with Crippen molar-refractivity contribution >= 4 is 5.91 Å². The van der Waals surface area contributed by atoms with Crippen LogP contribution < -0.4 is 5.32 Å². The topological polar surface area (TPSA) is 228 Å². The Labute approximate surface area is 504 Å². The highest BCUT2D eigenvalue weighted by Crippen LogP contribution is 2.30. The Morgan fingerprint density at radius 2 is 0.831 bits per heavy atom. The Balaban J connectivity index is 1.58. The monoisotopic (exact) mass is 1170 g/mol. The van der Waals surface area contributed by atoms with Crippen LogP contribution in [0.3, 0.4) is 0 Å². The molecule has 2 rings (SSSR count). The SMILES string of the molecule is CC/C=C\C/C=C\C/C=C\C/C=C\C/C=C\C/C=C\CCCCCCCCCCCCCCCCCCCCC(=O)NC(COC1OC(CO)C(OC2OC(CO)C(O)C(O)C2O)C(O)C1O)C(O)CCCCCCCCCCCCCC. The van der Waals surface area contributed by atoms with E-state index in [2.05, 4.69) is 92.1 Å². The normalized spacial score (nSPS) is 24.3. The molecule has 14 heteroatoms. The third-order valence-electron chi connectivity index (χ3n) is 16.2. The number of nitrogens with one attached hydrogen (secondary N) is 1. The van der Waals surface area contributed by atoms with Crippen LogP contribution in [-0.2, 0) is 23.7 Å². The van der Waals surface area contributed by atoms with Crippen molar-refractivity contribution in [3.8, 4) is 0 Å². The number of amides is 1. The zero-order chi connectivity index (χ0) is 60.2. The van der Waals surface area contributed by atoms with Crippen molar-refractivity contribution in [2.45, 2.75) is 338 Å². The molecule has 2 fully saturated rings. The number of unbranched alkanes of at least 4 members (excludes halogenated alkanes) is 29. The number of ether oxygens (including phenoxy) is 4. The van der Waals surface area contributed by atoms with Crippen molar-refractivity contribution < 1.29 is 64.6 Å². The lowest BCUT2D eigenvalue weighted by Crippen LogP contribution is -2.65. The molecule has 83 heavy (non-hydrogen) atoms. The summed E-state index contributed by atoms with van der Waals surface area (Å²) in [6.45, 7) is 2.75. The van der Waals surface area contributed by atoms with Gasteiger partial charge >= 0.3 is 0 Å². The van der Waals surface area contributed by atoms with Gasteiger partial charge in [0.2, 0.25) is 5.91 Å². The van der Waals surface area contributed by atoms with Crippen LogP contribution in [0.25, 0.3) is 0 Å². The molecule has 12 atom stereocenters. The van der Waals surface area contributed by atoms with Gasteiger partial charge in [0.15, 0.2) is 12.6 Å². The van der Waals surface area contributed by atoms with E-state index in [0.29, 0.717) is 12.8 Å². The molecule has 0 aromatic carbocycles. The number of hydrogen-bond donors (Lipinski definition) is 9. The smallest absolute Gasteiger partial charge is 0.220 e. The van der Waals surface area contributed by atoms with Gasteiger partial charge < -0.3 is 65.1 Å². The van der Waals surface area contributed by atoms with E-state index in [1.54, 1.807) is 0 Å². The molecule has 482 valence electrons. The first-order valence-corrected chi connectivity index (χ1v) is 33.7. The maximum absolute atomic E-state index is 13.3. The van der Waals surface area contributed by atoms with Crippen molar-refractivity contribution in [2.24, 2.45) is 0 Å². The number of aliphatic hydroxyl groups excluding tert-OH is 8. The summed E-state index contributed by atoms with van der Waals surface area (Å²) in [5.41, 5.74) is 0. The molecule has 2 saturated heterocycles. The lowest BCUT2D eigenvalue weighted by atomic mass is 9.97. The molecular formula is C69H123NO13. The fourth-order valence-corrected chi connectivity index (χ4v) is 10.8. The van der Waals surface area contributed by atoms with Crippen molar-refractivity contribution in [3.05, 3.63) is 72.9 Å². The Morgan fingerprint density at radius 1 is 0.446 bits per heavy atom. The summed E-state index contributed by atoms with van der Waals surface area (Å²) in [4.78, 5) is 13.3. The summed E-state index contributed by atoms with van der Waals surface area (Å²) in [6.07, 6.45) is 55.0. The first kappa shape index (κ1) is 76.5. The van der Waals surface area contributed by atoms with Crippen LogP contribution in [0.1, 0.15) is 264 Å². The van der Waals surface area contributed by atoms with Gasteiger partial charge in [-0.1, -0.05) is 267 Å². The fourth-order valence-electron chi connectivity index (χ4n) is 10.8. The van der Waals surface area contributed by atoms with Crippen LogP contribution in [-0.4, -0.2) is 140 Å². The third-order valence-corrected chi connectivity index (χ3v) is 16.2. The minimum Gasteiger partial charge on any atom is -0.394 e. The van der Waals surface area contributed by atoms with Crippen LogP contribution in [0.5, 0.6) is 0 Å². The van der Waals surface area contributed by atoms with E-state index >= 15 is 0 Å². The summed E-state index contributed by atoms with van der Waals surface area (Å²) in [5.74, 6) is -0.206. The maximum atomic E-state index is 13.3. The summed E-state index contributed by atoms with van der Waals surface area (Å²) < 4.78 is 22.8. The van der Waals surface area contributed by atoms with Gasteiger partial charge in [-0.05, 0) is 64.2 Å². The van der Waals surface area contributed by atoms with Gasteiger partial charge in [0, 0.05) is 6.42 Å². The lowest BCUT2D eigenvalue weighted by molar-refractivity contribution is -0.359. The van der Waals surface area contributed by atoms with Crippen LogP contribution in [0, 0.1) is 0 Å². The molecule has 0 spiro atoms. The van der Waals surface area contributed by atoms with Gasteiger partial charge in [0.25, 0.3) is 0 Å². The number of allylic oxidation sites excluding steroid dienone is 12. The standard InChI is InChI=1S/C69H123NO13/c1-3-5-7-9-11-13-15-17-18-19-20-21-22-23-24-25-26-27-28-29-30-31-32-33-34-35-36-37-38-39-40-41-43-45-47-49-51-53-61(74)70-57(58(73)52-50-48-46-44-42-16-14-12-10-8-6-4-2)56-80-68-66(79)64(77)67(60(55-72)82-68)83-69-65(78)63(76)62(75)59(54-71)81-69/h5,7,11,13,17-18,20-21,23-24,26-27,57-60,62-69,71-73,75-79H,3-4,6,8-10,12,14-16,19,22,25,28-56H2,1-2H3,(H,70,74)/b7-5-,13-11-,18-17-,21-20-,24-23-,27-26-. The second kappa shape index (κ2) is 53.7. The van der Waals surface area contributed by atoms with E-state index in [0.717, 1.165) is 89.9 Å². The van der Waals surface area contributed by atoms with E-state index in [1.807, 2.05) is 0 Å². The highest BCUT2D eigenvalue weighted by molar-refractivity contribution is 5.76. The van der Waals surface area contributed by atoms with Crippen molar-refractivity contribution in [1.82, 2.24) is 5.32 Å². The van der Waals surface area contributed by atoms with E-state index in [1.165, 1.54) is 148 Å².